The molecule has 0 unspecified atom stereocenters. The highest BCUT2D eigenvalue weighted by Crippen LogP contribution is 2.24. The molecule has 1 rings (SSSR count). The number of aromatic nitrogens is 2. The average Bonchev–Trinajstić information content (AvgIpc) is 2.50. The molecule has 1 aromatic heterocycles. The highest BCUT2D eigenvalue weighted by molar-refractivity contribution is 4.87. The van der Waals surface area contributed by atoms with Gasteiger partial charge in [0.1, 0.15) is 0 Å². The van der Waals surface area contributed by atoms with Crippen LogP contribution >= 0.6 is 0 Å². The van der Waals surface area contributed by atoms with Crippen LogP contribution in [0.2, 0.25) is 0 Å². The maximum Gasteiger partial charge on any atom is 0.782 e. The fourth-order valence-corrected chi connectivity index (χ4v) is 0.868. The van der Waals surface area contributed by atoms with E-state index < -0.39 is 26.4 Å². The van der Waals surface area contributed by atoms with Crippen LogP contribution in [-0.2, 0) is 5.79 Å². The zero-order valence-corrected chi connectivity index (χ0v) is 7.59. The van der Waals surface area contributed by atoms with Crippen molar-refractivity contribution in [1.29, 1.82) is 0 Å². The molecule has 0 aromatic carbocycles. The van der Waals surface area contributed by atoms with Crippen LogP contribution in [0.15, 0.2) is 4.52 Å². The third kappa shape index (κ3) is 1.32. The lowest BCUT2D eigenvalue weighted by Gasteiger charge is -2.03. The van der Waals surface area contributed by atoms with Gasteiger partial charge in [0.05, 0.1) is 0 Å². The molecule has 1 heterocycles. The lowest BCUT2D eigenvalue weighted by atomic mass is 10.4. The summed E-state index contributed by atoms with van der Waals surface area (Å²) in [5.41, 5.74) is 0. The molecule has 0 saturated heterocycles. The van der Waals surface area contributed by atoms with Gasteiger partial charge in [-0.05, 0) is 6.92 Å². The van der Waals surface area contributed by atoms with E-state index >= 15 is 0 Å². The van der Waals surface area contributed by atoms with Crippen molar-refractivity contribution in [1.82, 2.24) is 10.1 Å². The smallest absolute Gasteiger partial charge is 0.316 e. The second-order valence-corrected chi connectivity index (χ2v) is 2.55. The van der Waals surface area contributed by atoms with Crippen LogP contribution in [0.3, 0.4) is 0 Å². The topological polar surface area (TPSA) is 168 Å². The van der Waals surface area contributed by atoms with Crippen LogP contribution in [-0.4, -0.2) is 24.9 Å². The minimum atomic E-state index is -3.86. The van der Waals surface area contributed by atoms with E-state index in [-0.39, 0.29) is 5.82 Å². The Morgan fingerprint density at radius 2 is 1.56 bits per heavy atom. The molecule has 0 amide bonds. The fraction of sp³-hybridized carbons (Fsp3) is 0.500. The Balaban J connectivity index is 3.51. The standard InChI is InChI=1S/C4H3N5O7/c1-2-5-3(16-6-2)4(7(10)11,8(12)13)9(14)15/h1H3. The van der Waals surface area contributed by atoms with Crippen LogP contribution in [0.1, 0.15) is 11.7 Å². The van der Waals surface area contributed by atoms with Crippen molar-refractivity contribution in [2.24, 2.45) is 0 Å². The van der Waals surface area contributed by atoms with Crippen molar-refractivity contribution in [3.8, 4) is 0 Å². The normalized spacial score (nSPS) is 11.1. The number of aryl methyl sites for hydroxylation is 1. The molecule has 0 bridgehead atoms. The second kappa shape index (κ2) is 3.48. The van der Waals surface area contributed by atoms with E-state index in [0.717, 1.165) is 0 Å². The summed E-state index contributed by atoms with van der Waals surface area (Å²) in [6.45, 7) is 1.21. The quantitative estimate of drug-likeness (QED) is 0.371. The zero-order valence-electron chi connectivity index (χ0n) is 7.59. The van der Waals surface area contributed by atoms with E-state index in [1.807, 2.05) is 0 Å². The Morgan fingerprint density at radius 3 is 1.81 bits per heavy atom. The number of nitrogens with zero attached hydrogens (tertiary/aromatic N) is 5. The van der Waals surface area contributed by atoms with Crippen molar-refractivity contribution in [2.75, 3.05) is 0 Å². The predicted molar refractivity (Wildman–Crippen MR) is 41.7 cm³/mol. The van der Waals surface area contributed by atoms with Gasteiger partial charge in [0.15, 0.2) is 20.6 Å². The Kier molecular flexibility index (Phi) is 2.49. The van der Waals surface area contributed by atoms with Crippen molar-refractivity contribution in [3.05, 3.63) is 42.1 Å². The summed E-state index contributed by atoms with van der Waals surface area (Å²) in [4.78, 5) is 29.5. The van der Waals surface area contributed by atoms with E-state index in [4.69, 9.17) is 0 Å². The minimum Gasteiger partial charge on any atom is -0.316 e. The van der Waals surface area contributed by atoms with Crippen LogP contribution < -0.4 is 0 Å². The van der Waals surface area contributed by atoms with E-state index in [9.17, 15) is 30.3 Å². The van der Waals surface area contributed by atoms with Gasteiger partial charge in [0.2, 0.25) is 0 Å². The molecule has 12 nitrogen and oxygen atoms in total. The van der Waals surface area contributed by atoms with E-state index in [2.05, 4.69) is 14.7 Å². The van der Waals surface area contributed by atoms with Gasteiger partial charge in [0.25, 0.3) is 0 Å². The van der Waals surface area contributed by atoms with E-state index in [0.29, 0.717) is 0 Å². The first-order valence-corrected chi connectivity index (χ1v) is 3.57. The average molecular weight is 233 g/mol. The number of nitro groups is 3. The Bertz CT molecular complexity index is 429. The van der Waals surface area contributed by atoms with Crippen molar-refractivity contribution in [3.63, 3.8) is 0 Å². The zero-order chi connectivity index (χ0) is 12.5. The van der Waals surface area contributed by atoms with Gasteiger partial charge in [-0.2, -0.15) is 4.98 Å². The van der Waals surface area contributed by atoms with Crippen LogP contribution in [0.5, 0.6) is 0 Å². The van der Waals surface area contributed by atoms with Gasteiger partial charge in [-0.15, -0.1) is 0 Å². The minimum absolute atomic E-state index is 0.190. The molecule has 0 fully saturated rings. The molecule has 0 atom stereocenters. The fourth-order valence-electron chi connectivity index (χ4n) is 0.868. The summed E-state index contributed by atoms with van der Waals surface area (Å²) >= 11 is 0. The third-order valence-electron chi connectivity index (χ3n) is 1.58. The molecule has 16 heavy (non-hydrogen) atoms. The second-order valence-electron chi connectivity index (χ2n) is 2.55. The maximum atomic E-state index is 10.5. The first kappa shape index (κ1) is 11.4. The summed E-state index contributed by atoms with van der Waals surface area (Å²) in [6, 6.07) is 0. The summed E-state index contributed by atoms with van der Waals surface area (Å²) in [7, 11) is 0. The molecule has 0 aliphatic carbocycles. The summed E-state index contributed by atoms with van der Waals surface area (Å²) < 4.78 is 4.13. The number of hydrogen-bond acceptors (Lipinski definition) is 9. The van der Waals surface area contributed by atoms with Crippen LogP contribution in [0, 0.1) is 37.3 Å². The molecule has 1 aromatic rings. The lowest BCUT2D eigenvalue weighted by Crippen LogP contribution is -2.50. The first-order chi connectivity index (χ1) is 7.33. The SMILES string of the molecule is Cc1noc(C([N+](=O)[O-])([N+](=O)[O-])[N+](=O)[O-])n1. The van der Waals surface area contributed by atoms with Gasteiger partial charge in [0, 0.05) is 0 Å². The van der Waals surface area contributed by atoms with Crippen LogP contribution in [0.4, 0.5) is 0 Å². The van der Waals surface area contributed by atoms with Gasteiger partial charge in [-0.1, -0.05) is 5.16 Å². The van der Waals surface area contributed by atoms with Gasteiger partial charge < -0.3 is 4.52 Å². The summed E-state index contributed by atoms with van der Waals surface area (Å²) in [6.07, 6.45) is 0. The molecule has 0 spiro atoms. The predicted octanol–water partition coefficient (Wildman–Crippen LogP) is -0.682. The van der Waals surface area contributed by atoms with E-state index in [1.54, 1.807) is 0 Å². The van der Waals surface area contributed by atoms with Crippen LogP contribution in [0.25, 0.3) is 0 Å². The molecular weight excluding hydrogens is 230 g/mol. The molecule has 0 N–H and O–H groups in total. The molecular formula is C4H3N5O7. The Labute approximate surface area is 85.3 Å². The molecule has 0 radical (unpaired) electrons. The summed E-state index contributed by atoms with van der Waals surface area (Å²) in [5.74, 6) is -5.35. The Morgan fingerprint density at radius 1 is 1.12 bits per heavy atom. The van der Waals surface area contributed by atoms with Crippen molar-refractivity contribution in [2.45, 2.75) is 12.7 Å². The molecule has 12 heteroatoms. The van der Waals surface area contributed by atoms with Crippen molar-refractivity contribution < 1.29 is 19.3 Å². The van der Waals surface area contributed by atoms with Gasteiger partial charge >= 0.3 is 11.7 Å². The van der Waals surface area contributed by atoms with E-state index in [1.165, 1.54) is 6.92 Å². The van der Waals surface area contributed by atoms with Gasteiger partial charge in [-0.25, -0.2) is 0 Å². The maximum absolute atomic E-state index is 10.5. The number of hydrogen-bond donors (Lipinski definition) is 0. The van der Waals surface area contributed by atoms with Gasteiger partial charge in [-0.3, -0.25) is 30.3 Å². The highest BCUT2D eigenvalue weighted by Gasteiger charge is 2.78. The molecule has 0 aliphatic rings. The third-order valence-corrected chi connectivity index (χ3v) is 1.58. The Hall–Kier alpha value is -2.66. The largest absolute Gasteiger partial charge is 0.782 e. The molecule has 0 aliphatic heterocycles. The number of rotatable bonds is 4. The summed E-state index contributed by atoms with van der Waals surface area (Å²) in [5, 5.41) is 34.6. The first-order valence-electron chi connectivity index (χ1n) is 3.57. The monoisotopic (exact) mass is 233 g/mol. The van der Waals surface area contributed by atoms with Crippen molar-refractivity contribution >= 4 is 0 Å². The molecule has 0 saturated carbocycles. The molecule has 86 valence electrons. The lowest BCUT2D eigenvalue weighted by molar-refractivity contribution is -0.989. The highest BCUT2D eigenvalue weighted by atomic mass is 16.7.